The number of ketones is 1. The van der Waals surface area contributed by atoms with Crippen LogP contribution in [0.5, 0.6) is 0 Å². The summed E-state index contributed by atoms with van der Waals surface area (Å²) in [4.78, 5) is 122. The summed E-state index contributed by atoms with van der Waals surface area (Å²) in [5, 5.41) is 26.9. The molecule has 1 aromatic rings. The molecule has 1 saturated heterocycles. The minimum absolute atomic E-state index is 0.0417. The van der Waals surface area contributed by atoms with Gasteiger partial charge in [0, 0.05) is 25.8 Å². The number of Topliss-reactive ketones (excluding diaryl/α,β-unsaturated/α-hetero) is 1. The predicted molar refractivity (Wildman–Crippen MR) is 203 cm³/mol. The summed E-state index contributed by atoms with van der Waals surface area (Å²) in [5.74, 6) is -7.30. The van der Waals surface area contributed by atoms with Crippen LogP contribution in [0.2, 0.25) is 0 Å². The van der Waals surface area contributed by atoms with Crippen molar-refractivity contribution in [2.24, 2.45) is 11.7 Å². The molecule has 1 aliphatic heterocycles. The number of carbonyl (C=O) groups is 9. The quantitative estimate of drug-likeness (QED) is 0.0607. The Morgan fingerprint density at radius 1 is 0.860 bits per heavy atom. The molecule has 1 unspecified atom stereocenters. The van der Waals surface area contributed by atoms with Crippen molar-refractivity contribution >= 4 is 53.0 Å². The third-order valence-electron chi connectivity index (χ3n) is 9.87. The molecule has 10 N–H and O–H groups in total. The fourth-order valence-corrected chi connectivity index (χ4v) is 6.78. The maximum atomic E-state index is 14.0. The van der Waals surface area contributed by atoms with E-state index in [0.717, 1.165) is 19.3 Å². The Morgan fingerprint density at radius 2 is 1.54 bits per heavy atom. The summed E-state index contributed by atoms with van der Waals surface area (Å²) in [7, 11) is 0. The van der Waals surface area contributed by atoms with Crippen molar-refractivity contribution in [3.05, 3.63) is 35.9 Å². The van der Waals surface area contributed by atoms with Crippen molar-refractivity contribution in [3.63, 3.8) is 0 Å². The van der Waals surface area contributed by atoms with Gasteiger partial charge in [0.2, 0.25) is 47.1 Å². The lowest BCUT2D eigenvalue weighted by molar-refractivity contribution is -0.243. The molecule has 2 aliphatic rings. The van der Waals surface area contributed by atoms with Crippen LogP contribution >= 0.6 is 0 Å². The second-order valence-electron chi connectivity index (χ2n) is 14.2. The fraction of sp³-hybridized carbons (Fsp3) is 0.605. The first-order valence-electron chi connectivity index (χ1n) is 19.5. The first-order chi connectivity index (χ1) is 27.3. The maximum Gasteiger partial charge on any atom is 0.290 e. The first-order valence-corrected chi connectivity index (χ1v) is 19.5. The zero-order chi connectivity index (χ0) is 41.7. The van der Waals surface area contributed by atoms with Gasteiger partial charge in [-0.15, -0.1) is 0 Å². The largest absolute Gasteiger partial charge is 0.368 e. The van der Waals surface area contributed by atoms with Gasteiger partial charge in [0.25, 0.3) is 5.91 Å². The van der Waals surface area contributed by atoms with Crippen LogP contribution in [0.4, 0.5) is 0 Å². The van der Waals surface area contributed by atoms with Crippen LogP contribution in [0.25, 0.3) is 0 Å². The van der Waals surface area contributed by atoms with Crippen LogP contribution in [-0.4, -0.2) is 102 Å². The lowest BCUT2D eigenvalue weighted by Gasteiger charge is -2.32. The first kappa shape index (κ1) is 46.0. The molecule has 57 heavy (non-hydrogen) atoms. The van der Waals surface area contributed by atoms with Crippen LogP contribution < -0.4 is 43.0 Å². The van der Waals surface area contributed by atoms with Crippen molar-refractivity contribution in [3.8, 4) is 0 Å². The Kier molecular flexibility index (Phi) is 19.6. The van der Waals surface area contributed by atoms with E-state index >= 15 is 0 Å². The highest BCUT2D eigenvalue weighted by Gasteiger charge is 2.36. The average molecular weight is 801 g/mol. The van der Waals surface area contributed by atoms with Gasteiger partial charge in [0.05, 0.1) is 19.2 Å². The molecule has 0 bridgehead atoms. The molecule has 0 radical (unpaired) electrons. The highest BCUT2D eigenvalue weighted by atomic mass is 17.1. The van der Waals surface area contributed by atoms with Crippen molar-refractivity contribution in [1.29, 1.82) is 0 Å². The molecule has 1 aliphatic carbocycles. The van der Waals surface area contributed by atoms with Crippen LogP contribution in [0.3, 0.4) is 0 Å². The number of hydrogen-bond acceptors (Lipinski definition) is 11. The summed E-state index contributed by atoms with van der Waals surface area (Å²) in [6.45, 7) is 0.958. The van der Waals surface area contributed by atoms with Crippen molar-refractivity contribution in [2.75, 3.05) is 19.7 Å². The van der Waals surface area contributed by atoms with E-state index in [9.17, 15) is 43.2 Å². The van der Waals surface area contributed by atoms with E-state index < -0.39 is 89.8 Å². The number of amides is 8. The minimum atomic E-state index is -1.33. The number of nitrogens with two attached hydrogens (primary N) is 1. The molecule has 5 atom stereocenters. The normalized spacial score (nSPS) is 21.5. The molecule has 0 spiro atoms. The molecule has 19 nitrogen and oxygen atoms in total. The Balaban J connectivity index is 1.78. The fourth-order valence-electron chi connectivity index (χ4n) is 6.78. The van der Waals surface area contributed by atoms with E-state index in [1.54, 1.807) is 37.3 Å². The zero-order valence-corrected chi connectivity index (χ0v) is 32.3. The topological polar surface area (TPSA) is 293 Å². The van der Waals surface area contributed by atoms with Crippen molar-refractivity contribution in [1.82, 2.24) is 37.2 Å². The third kappa shape index (κ3) is 15.6. The molecular weight excluding hydrogens is 744 g/mol. The van der Waals surface area contributed by atoms with E-state index in [-0.39, 0.29) is 51.2 Å². The van der Waals surface area contributed by atoms with E-state index in [2.05, 4.69) is 42.1 Å². The number of carbonyl (C=O) groups excluding carboxylic acids is 9. The Bertz CT molecular complexity index is 1570. The molecule has 19 heteroatoms. The predicted octanol–water partition coefficient (Wildman–Crippen LogP) is -0.706. The number of hydrogen-bond donors (Lipinski definition) is 9. The number of nitrogens with one attached hydrogen (secondary N) is 7. The molecule has 1 saturated carbocycles. The van der Waals surface area contributed by atoms with Gasteiger partial charge in [0.15, 0.2) is 0 Å². The smallest absolute Gasteiger partial charge is 0.290 e. The maximum absolute atomic E-state index is 14.0. The summed E-state index contributed by atoms with van der Waals surface area (Å²) >= 11 is 0. The van der Waals surface area contributed by atoms with E-state index in [0.29, 0.717) is 37.7 Å². The lowest BCUT2D eigenvalue weighted by Crippen LogP contribution is -2.60. The average Bonchev–Trinajstić information content (AvgIpc) is 3.20. The molecule has 8 amide bonds. The molecule has 3 rings (SSSR count). The van der Waals surface area contributed by atoms with Gasteiger partial charge in [-0.25, -0.2) is 4.89 Å². The second kappa shape index (κ2) is 24.3. The minimum Gasteiger partial charge on any atom is -0.368 e. The standard InChI is InChI=1S/C38H56N8O11/c1-2-11-25(33(50)38(55)41-22-30(49)45-31(34(39)51)23-12-5-3-6-13-23)43-35(52)26-16-9-10-20-40-28(47)17-18-29(48)42-27(19-21-57-56)36(53)46-32(37(54)44-26)24-14-7-4-8-15-24/h3,5-6,12-13,24-27,31-32,56H,2,4,7-11,14-22H2,1H3,(H2,39,51)(H,40,47)(H,41,55)(H,42,48)(H,43,52)(H,44,54)(H,45,49)(H,46,53)/t25?,26-,27+,31-,32-/m0/s1. The Morgan fingerprint density at radius 3 is 2.21 bits per heavy atom. The van der Waals surface area contributed by atoms with Crippen LogP contribution in [0.15, 0.2) is 30.3 Å². The van der Waals surface area contributed by atoms with E-state index in [1.807, 2.05) is 0 Å². The molecular formula is C38H56N8O11. The summed E-state index contributed by atoms with van der Waals surface area (Å²) < 4.78 is 0. The van der Waals surface area contributed by atoms with Crippen molar-refractivity contribution < 1.29 is 53.3 Å². The van der Waals surface area contributed by atoms with Crippen LogP contribution in [0.1, 0.15) is 102 Å². The van der Waals surface area contributed by atoms with E-state index in [4.69, 9.17) is 11.0 Å². The molecule has 0 aromatic heterocycles. The summed E-state index contributed by atoms with van der Waals surface area (Å²) in [5.41, 5.74) is 5.87. The van der Waals surface area contributed by atoms with Gasteiger partial charge in [-0.3, -0.25) is 48.4 Å². The number of primary amides is 1. The Labute approximate surface area is 331 Å². The van der Waals surface area contributed by atoms with Gasteiger partial charge >= 0.3 is 0 Å². The van der Waals surface area contributed by atoms with Gasteiger partial charge in [0.1, 0.15) is 24.2 Å². The van der Waals surface area contributed by atoms with Gasteiger partial charge in [-0.1, -0.05) is 62.9 Å². The van der Waals surface area contributed by atoms with Crippen LogP contribution in [0, 0.1) is 5.92 Å². The second-order valence-corrected chi connectivity index (χ2v) is 14.2. The lowest BCUT2D eigenvalue weighted by atomic mass is 9.83. The number of rotatable bonds is 15. The van der Waals surface area contributed by atoms with Gasteiger partial charge < -0.3 is 43.0 Å². The van der Waals surface area contributed by atoms with Crippen LogP contribution in [-0.2, 0) is 48.0 Å². The SMILES string of the molecule is CCCC(NC(=O)[C@@H]1CCCCNC(=O)CCC(=O)N[C@H](CCOO)C(=O)N[C@@H](C2CCCCC2)C(=O)N1)C(=O)C(=O)NCC(=O)N[C@H](C(N)=O)c1ccccc1. The third-order valence-corrected chi connectivity index (χ3v) is 9.87. The molecule has 1 heterocycles. The number of benzene rings is 1. The van der Waals surface area contributed by atoms with Crippen molar-refractivity contribution in [2.45, 2.75) is 121 Å². The van der Waals surface area contributed by atoms with Gasteiger partial charge in [-0.2, -0.15) is 0 Å². The van der Waals surface area contributed by atoms with E-state index in [1.165, 1.54) is 0 Å². The monoisotopic (exact) mass is 800 g/mol. The zero-order valence-electron chi connectivity index (χ0n) is 32.3. The highest BCUT2D eigenvalue weighted by molar-refractivity contribution is 6.38. The Hall–Kier alpha value is -5.43. The van der Waals surface area contributed by atoms with Gasteiger partial charge in [-0.05, 0) is 50.0 Å². The molecule has 2 fully saturated rings. The molecule has 314 valence electrons. The summed E-state index contributed by atoms with van der Waals surface area (Å²) in [6, 6.07) is 2.13. The highest BCUT2D eigenvalue weighted by Crippen LogP contribution is 2.27. The molecule has 1 aromatic carbocycles. The summed E-state index contributed by atoms with van der Waals surface area (Å²) in [6.07, 6.45) is 4.46.